The number of imide groups is 1. The average molecular weight is 303 g/mol. The van der Waals surface area contributed by atoms with Crippen molar-refractivity contribution < 1.29 is 9.59 Å². The molecule has 1 aromatic carbocycles. The lowest BCUT2D eigenvalue weighted by Crippen LogP contribution is -2.40. The number of urea groups is 1. The molecule has 0 spiro atoms. The molecule has 1 aromatic heterocycles. The van der Waals surface area contributed by atoms with Crippen LogP contribution in [0, 0.1) is 0 Å². The molecule has 7 heteroatoms. The standard InChI is InChI=1S/C14H11ClN4O2/c15-8-2-1-3-9(4-8)19-13(20)12-5-10-11(17-7-16-10)6-18(12)14(19)21/h1-4,7,12H,5-6H2,(H,16,17). The number of nitrogens with one attached hydrogen (secondary N) is 1. The van der Waals surface area contributed by atoms with E-state index < -0.39 is 6.04 Å². The number of nitrogens with zero attached hydrogens (tertiary/aromatic N) is 3. The Kier molecular flexibility index (Phi) is 2.56. The summed E-state index contributed by atoms with van der Waals surface area (Å²) in [5.41, 5.74) is 2.24. The van der Waals surface area contributed by atoms with Crippen LogP contribution in [0.4, 0.5) is 10.5 Å². The summed E-state index contributed by atoms with van der Waals surface area (Å²) in [6.07, 6.45) is 2.04. The molecule has 0 aliphatic carbocycles. The van der Waals surface area contributed by atoms with Crippen LogP contribution in [0.25, 0.3) is 0 Å². The Morgan fingerprint density at radius 1 is 1.33 bits per heavy atom. The highest BCUT2D eigenvalue weighted by molar-refractivity contribution is 6.31. The fraction of sp³-hybridized carbons (Fsp3) is 0.214. The van der Waals surface area contributed by atoms with Crippen molar-refractivity contribution in [1.29, 1.82) is 0 Å². The Morgan fingerprint density at radius 3 is 3.00 bits per heavy atom. The third-order valence-corrected chi connectivity index (χ3v) is 4.14. The molecule has 2 aliphatic heterocycles. The van der Waals surface area contributed by atoms with Gasteiger partial charge < -0.3 is 9.88 Å². The number of fused-ring (bicyclic) bond motifs is 2. The largest absolute Gasteiger partial charge is 0.347 e. The minimum absolute atomic E-state index is 0.226. The number of hydrogen-bond donors (Lipinski definition) is 1. The van der Waals surface area contributed by atoms with Crippen molar-refractivity contribution >= 4 is 29.2 Å². The van der Waals surface area contributed by atoms with E-state index in [1.807, 2.05) is 0 Å². The van der Waals surface area contributed by atoms with E-state index in [0.29, 0.717) is 23.7 Å². The maximum absolute atomic E-state index is 12.6. The lowest BCUT2D eigenvalue weighted by atomic mass is 10.0. The van der Waals surface area contributed by atoms with E-state index in [1.165, 1.54) is 4.90 Å². The molecule has 1 unspecified atom stereocenters. The van der Waals surface area contributed by atoms with Crippen molar-refractivity contribution in [2.75, 3.05) is 4.90 Å². The van der Waals surface area contributed by atoms with Crippen molar-refractivity contribution in [2.45, 2.75) is 19.0 Å². The monoisotopic (exact) mass is 302 g/mol. The zero-order chi connectivity index (χ0) is 14.6. The smallest absolute Gasteiger partial charge is 0.332 e. The Hall–Kier alpha value is -2.34. The number of carbonyl (C=O) groups excluding carboxylic acids is 2. The molecule has 1 saturated heterocycles. The van der Waals surface area contributed by atoms with Crippen LogP contribution >= 0.6 is 11.6 Å². The predicted octanol–water partition coefficient (Wildman–Crippen LogP) is 1.96. The molecule has 3 heterocycles. The number of aromatic nitrogens is 2. The number of benzene rings is 1. The number of rotatable bonds is 1. The Balaban J connectivity index is 1.73. The number of anilines is 1. The molecule has 106 valence electrons. The first-order valence-electron chi connectivity index (χ1n) is 6.56. The Morgan fingerprint density at radius 2 is 2.19 bits per heavy atom. The highest BCUT2D eigenvalue weighted by atomic mass is 35.5. The molecule has 1 atom stereocenters. The lowest BCUT2D eigenvalue weighted by Gasteiger charge is -2.25. The summed E-state index contributed by atoms with van der Waals surface area (Å²) >= 11 is 5.95. The normalized spacial score (nSPS) is 20.7. The van der Waals surface area contributed by atoms with E-state index in [4.69, 9.17) is 11.6 Å². The van der Waals surface area contributed by atoms with Gasteiger partial charge in [0.2, 0.25) is 0 Å². The zero-order valence-electron chi connectivity index (χ0n) is 10.9. The topological polar surface area (TPSA) is 69.3 Å². The van der Waals surface area contributed by atoms with Crippen molar-refractivity contribution in [3.05, 3.63) is 47.0 Å². The number of H-pyrrole nitrogens is 1. The number of hydrogen-bond acceptors (Lipinski definition) is 3. The van der Waals surface area contributed by atoms with Crippen molar-refractivity contribution in [3.8, 4) is 0 Å². The summed E-state index contributed by atoms with van der Waals surface area (Å²) in [5.74, 6) is -0.226. The summed E-state index contributed by atoms with van der Waals surface area (Å²) in [4.78, 5) is 35.1. The van der Waals surface area contributed by atoms with Crippen LogP contribution in [0.5, 0.6) is 0 Å². The Bertz CT molecular complexity index is 718. The number of amides is 3. The second kappa shape index (κ2) is 4.33. The maximum atomic E-state index is 12.6. The van der Waals surface area contributed by atoms with Gasteiger partial charge in [0.25, 0.3) is 5.91 Å². The molecule has 1 fully saturated rings. The molecule has 1 N–H and O–H groups in total. The van der Waals surface area contributed by atoms with Gasteiger partial charge in [0.15, 0.2) is 0 Å². The molecular weight excluding hydrogens is 292 g/mol. The fourth-order valence-corrected chi connectivity index (χ4v) is 3.07. The number of carbonyl (C=O) groups is 2. The maximum Gasteiger partial charge on any atom is 0.332 e. The van der Waals surface area contributed by atoms with Crippen LogP contribution in [-0.2, 0) is 17.8 Å². The van der Waals surface area contributed by atoms with E-state index in [1.54, 1.807) is 35.5 Å². The molecule has 0 saturated carbocycles. The van der Waals surface area contributed by atoms with Gasteiger partial charge in [-0.25, -0.2) is 14.7 Å². The molecule has 6 nitrogen and oxygen atoms in total. The fourth-order valence-electron chi connectivity index (χ4n) is 2.88. The van der Waals surface area contributed by atoms with Crippen LogP contribution < -0.4 is 4.90 Å². The van der Waals surface area contributed by atoms with E-state index >= 15 is 0 Å². The predicted molar refractivity (Wildman–Crippen MR) is 76.0 cm³/mol. The van der Waals surface area contributed by atoms with E-state index in [0.717, 1.165) is 11.4 Å². The summed E-state index contributed by atoms with van der Waals surface area (Å²) in [6, 6.07) is 5.96. The van der Waals surface area contributed by atoms with Gasteiger partial charge in [-0.05, 0) is 18.2 Å². The number of imidazole rings is 1. The first kappa shape index (κ1) is 12.4. The van der Waals surface area contributed by atoms with Gasteiger partial charge in [0.1, 0.15) is 6.04 Å². The summed E-state index contributed by atoms with van der Waals surface area (Å²) in [7, 11) is 0. The quantitative estimate of drug-likeness (QED) is 0.819. The van der Waals surface area contributed by atoms with Gasteiger partial charge in [-0.1, -0.05) is 17.7 Å². The van der Waals surface area contributed by atoms with Crippen molar-refractivity contribution in [2.24, 2.45) is 0 Å². The lowest BCUT2D eigenvalue weighted by molar-refractivity contribution is -0.120. The van der Waals surface area contributed by atoms with Gasteiger partial charge in [-0.15, -0.1) is 0 Å². The Labute approximate surface area is 125 Å². The van der Waals surface area contributed by atoms with Gasteiger partial charge in [0.05, 0.1) is 29.9 Å². The van der Waals surface area contributed by atoms with E-state index in [9.17, 15) is 9.59 Å². The first-order valence-corrected chi connectivity index (χ1v) is 6.94. The first-order chi connectivity index (χ1) is 10.1. The van der Waals surface area contributed by atoms with Gasteiger partial charge >= 0.3 is 6.03 Å². The second-order valence-corrected chi connectivity index (χ2v) is 5.55. The molecule has 2 aliphatic rings. The third-order valence-electron chi connectivity index (χ3n) is 3.91. The summed E-state index contributed by atoms with van der Waals surface area (Å²) in [5, 5.41) is 0.491. The SMILES string of the molecule is O=C1C2Cc3nc[nH]c3CN2C(=O)N1c1cccc(Cl)c1. The minimum atomic E-state index is -0.479. The highest BCUT2D eigenvalue weighted by Gasteiger charge is 2.48. The van der Waals surface area contributed by atoms with E-state index in [2.05, 4.69) is 9.97 Å². The third kappa shape index (κ3) is 1.76. The van der Waals surface area contributed by atoms with Crippen LogP contribution in [-0.4, -0.2) is 32.8 Å². The summed E-state index contributed by atoms with van der Waals surface area (Å²) < 4.78 is 0. The average Bonchev–Trinajstić information content (AvgIpc) is 3.01. The van der Waals surface area contributed by atoms with Crippen molar-refractivity contribution in [3.63, 3.8) is 0 Å². The molecule has 21 heavy (non-hydrogen) atoms. The van der Waals surface area contributed by atoms with Gasteiger partial charge in [-0.3, -0.25) is 4.79 Å². The summed E-state index contributed by atoms with van der Waals surface area (Å²) in [6.45, 7) is 0.377. The molecular formula is C14H11ClN4O2. The van der Waals surface area contributed by atoms with Crippen LogP contribution in [0.2, 0.25) is 5.02 Å². The second-order valence-electron chi connectivity index (χ2n) is 5.11. The van der Waals surface area contributed by atoms with Crippen molar-refractivity contribution in [1.82, 2.24) is 14.9 Å². The molecule has 4 rings (SSSR count). The van der Waals surface area contributed by atoms with Crippen LogP contribution in [0.15, 0.2) is 30.6 Å². The minimum Gasteiger partial charge on any atom is -0.347 e. The highest BCUT2D eigenvalue weighted by Crippen LogP contribution is 2.32. The van der Waals surface area contributed by atoms with Crippen LogP contribution in [0.3, 0.4) is 0 Å². The molecule has 0 bridgehead atoms. The molecule has 2 aromatic rings. The zero-order valence-corrected chi connectivity index (χ0v) is 11.7. The van der Waals surface area contributed by atoms with Crippen LogP contribution in [0.1, 0.15) is 11.4 Å². The molecule has 3 amide bonds. The van der Waals surface area contributed by atoms with Gasteiger partial charge in [-0.2, -0.15) is 0 Å². The van der Waals surface area contributed by atoms with Gasteiger partial charge in [0, 0.05) is 11.4 Å². The number of aromatic amines is 1. The van der Waals surface area contributed by atoms with E-state index in [-0.39, 0.29) is 11.9 Å². The number of halogens is 1. The molecule has 0 radical (unpaired) electrons.